The smallest absolute Gasteiger partial charge is 0.0697 e. The van der Waals surface area contributed by atoms with Gasteiger partial charge in [-0.3, -0.25) is 0 Å². The van der Waals surface area contributed by atoms with Gasteiger partial charge in [-0.2, -0.15) is 0 Å². The van der Waals surface area contributed by atoms with Gasteiger partial charge in [0.25, 0.3) is 0 Å². The highest BCUT2D eigenvalue weighted by molar-refractivity contribution is 4.86. The third-order valence-corrected chi connectivity index (χ3v) is 3.42. The molecule has 14 heavy (non-hydrogen) atoms. The molecule has 0 amide bonds. The van der Waals surface area contributed by atoms with Crippen LogP contribution in [0, 0.1) is 5.92 Å². The van der Waals surface area contributed by atoms with Crippen LogP contribution in [-0.2, 0) is 0 Å². The lowest BCUT2D eigenvalue weighted by atomic mass is 9.77. The minimum atomic E-state index is -0.668. The molecule has 0 saturated carbocycles. The summed E-state index contributed by atoms with van der Waals surface area (Å²) in [6.45, 7) is 8.16. The summed E-state index contributed by atoms with van der Waals surface area (Å²) in [7, 11) is 0. The topological polar surface area (TPSA) is 40.5 Å². The summed E-state index contributed by atoms with van der Waals surface area (Å²) in [5.41, 5.74) is -0.668. The first-order valence-corrected chi connectivity index (χ1v) is 5.94. The van der Waals surface area contributed by atoms with Crippen LogP contribution in [0.2, 0.25) is 0 Å². The van der Waals surface area contributed by atoms with E-state index in [2.05, 4.69) is 13.8 Å². The zero-order valence-corrected chi connectivity index (χ0v) is 10.1. The summed E-state index contributed by atoms with van der Waals surface area (Å²) in [4.78, 5) is 0. The Bertz CT molecular complexity index is 143. The summed E-state index contributed by atoms with van der Waals surface area (Å²) in [5.74, 6) is 0.314. The van der Waals surface area contributed by atoms with Crippen LogP contribution in [0.15, 0.2) is 0 Å². The van der Waals surface area contributed by atoms with E-state index in [-0.39, 0.29) is 6.10 Å². The Balaban J connectivity index is 4.43. The maximum atomic E-state index is 10.4. The second-order valence-corrected chi connectivity index (χ2v) is 4.24. The van der Waals surface area contributed by atoms with Crippen molar-refractivity contribution in [1.29, 1.82) is 0 Å². The van der Waals surface area contributed by atoms with E-state index in [9.17, 15) is 10.2 Å². The van der Waals surface area contributed by atoms with Gasteiger partial charge in [0.05, 0.1) is 11.7 Å². The fourth-order valence-corrected chi connectivity index (χ4v) is 2.20. The highest BCUT2D eigenvalue weighted by Crippen LogP contribution is 2.32. The summed E-state index contributed by atoms with van der Waals surface area (Å²) in [6, 6.07) is 0. The first-order valence-electron chi connectivity index (χ1n) is 5.94. The second kappa shape index (κ2) is 6.41. The second-order valence-electron chi connectivity index (χ2n) is 4.24. The molecule has 2 N–H and O–H groups in total. The van der Waals surface area contributed by atoms with Crippen molar-refractivity contribution in [3.63, 3.8) is 0 Å². The molecule has 86 valence electrons. The van der Waals surface area contributed by atoms with Crippen LogP contribution in [0.1, 0.15) is 59.8 Å². The van der Waals surface area contributed by atoms with Crippen molar-refractivity contribution in [2.24, 2.45) is 5.92 Å². The van der Waals surface area contributed by atoms with Crippen molar-refractivity contribution in [1.82, 2.24) is 0 Å². The van der Waals surface area contributed by atoms with Crippen LogP contribution < -0.4 is 0 Å². The lowest BCUT2D eigenvalue weighted by molar-refractivity contribution is -0.0622. The summed E-state index contributed by atoms with van der Waals surface area (Å²) in [5, 5.41) is 20.0. The fraction of sp³-hybridized carbons (Fsp3) is 1.00. The maximum Gasteiger partial charge on any atom is 0.0697 e. The van der Waals surface area contributed by atoms with Crippen molar-refractivity contribution in [2.75, 3.05) is 0 Å². The van der Waals surface area contributed by atoms with Gasteiger partial charge in [0.1, 0.15) is 0 Å². The van der Waals surface area contributed by atoms with Gasteiger partial charge in [-0.15, -0.1) is 0 Å². The summed E-state index contributed by atoms with van der Waals surface area (Å²) < 4.78 is 0. The van der Waals surface area contributed by atoms with Crippen molar-refractivity contribution in [3.8, 4) is 0 Å². The predicted molar refractivity (Wildman–Crippen MR) is 60.2 cm³/mol. The van der Waals surface area contributed by atoms with Gasteiger partial charge >= 0.3 is 0 Å². The standard InChI is InChI=1S/C12H26O2/c1-5-10(6-2)12(14,8-4)9-11(13)7-3/h10-11,13-14H,5-9H2,1-4H3. The van der Waals surface area contributed by atoms with Gasteiger partial charge in [-0.25, -0.2) is 0 Å². The van der Waals surface area contributed by atoms with Crippen molar-refractivity contribution in [2.45, 2.75) is 71.5 Å². The predicted octanol–water partition coefficient (Wildman–Crippen LogP) is 2.72. The first kappa shape index (κ1) is 13.9. The molecular formula is C12H26O2. The molecule has 0 bridgehead atoms. The molecule has 0 heterocycles. The molecule has 0 radical (unpaired) electrons. The molecular weight excluding hydrogens is 176 g/mol. The number of hydrogen-bond donors (Lipinski definition) is 2. The lowest BCUT2D eigenvalue weighted by Gasteiger charge is -2.36. The normalized spacial score (nSPS) is 18.2. The number of rotatable bonds is 7. The average Bonchev–Trinajstić information content (AvgIpc) is 2.19. The Labute approximate surface area is 88.3 Å². The molecule has 0 aromatic heterocycles. The number of aliphatic hydroxyl groups excluding tert-OH is 1. The van der Waals surface area contributed by atoms with Crippen molar-refractivity contribution >= 4 is 0 Å². The molecule has 0 aliphatic carbocycles. The van der Waals surface area contributed by atoms with E-state index in [4.69, 9.17) is 0 Å². The molecule has 0 aromatic rings. The molecule has 0 saturated heterocycles. The minimum Gasteiger partial charge on any atom is -0.393 e. The molecule has 2 nitrogen and oxygen atoms in total. The highest BCUT2D eigenvalue weighted by atomic mass is 16.3. The molecule has 2 unspecified atom stereocenters. The largest absolute Gasteiger partial charge is 0.393 e. The highest BCUT2D eigenvalue weighted by Gasteiger charge is 2.34. The van der Waals surface area contributed by atoms with Crippen molar-refractivity contribution < 1.29 is 10.2 Å². The van der Waals surface area contributed by atoms with Gasteiger partial charge < -0.3 is 10.2 Å². The van der Waals surface area contributed by atoms with E-state index in [1.807, 2.05) is 13.8 Å². The molecule has 2 atom stereocenters. The molecule has 0 fully saturated rings. The Morgan fingerprint density at radius 2 is 1.50 bits per heavy atom. The molecule has 0 spiro atoms. The van der Waals surface area contributed by atoms with E-state index in [0.717, 1.165) is 25.7 Å². The van der Waals surface area contributed by atoms with Crippen LogP contribution in [0.5, 0.6) is 0 Å². The van der Waals surface area contributed by atoms with E-state index in [1.54, 1.807) is 0 Å². The molecule has 2 heteroatoms. The quantitative estimate of drug-likeness (QED) is 0.666. The first-order chi connectivity index (χ1) is 6.53. The third-order valence-electron chi connectivity index (χ3n) is 3.42. The molecule has 0 aliphatic heterocycles. The number of hydrogen-bond acceptors (Lipinski definition) is 2. The van der Waals surface area contributed by atoms with Gasteiger partial charge in [-0.1, -0.05) is 40.5 Å². The average molecular weight is 202 g/mol. The van der Waals surface area contributed by atoms with E-state index in [0.29, 0.717) is 12.3 Å². The van der Waals surface area contributed by atoms with Gasteiger partial charge in [0.2, 0.25) is 0 Å². The van der Waals surface area contributed by atoms with Crippen LogP contribution in [0.3, 0.4) is 0 Å². The summed E-state index contributed by atoms with van der Waals surface area (Å²) in [6.07, 6.45) is 3.58. The minimum absolute atomic E-state index is 0.314. The third kappa shape index (κ3) is 3.58. The van der Waals surface area contributed by atoms with Crippen molar-refractivity contribution in [3.05, 3.63) is 0 Å². The Morgan fingerprint density at radius 3 is 1.79 bits per heavy atom. The van der Waals surface area contributed by atoms with E-state index in [1.165, 1.54) is 0 Å². The monoisotopic (exact) mass is 202 g/mol. The maximum absolute atomic E-state index is 10.4. The fourth-order valence-electron chi connectivity index (χ4n) is 2.20. The molecule has 0 rings (SSSR count). The Hall–Kier alpha value is -0.0800. The Morgan fingerprint density at radius 1 is 1.00 bits per heavy atom. The summed E-state index contributed by atoms with van der Waals surface area (Å²) >= 11 is 0. The zero-order valence-electron chi connectivity index (χ0n) is 10.1. The van der Waals surface area contributed by atoms with Crippen LogP contribution in [0.4, 0.5) is 0 Å². The van der Waals surface area contributed by atoms with Gasteiger partial charge in [-0.05, 0) is 18.8 Å². The van der Waals surface area contributed by atoms with Gasteiger partial charge in [0.15, 0.2) is 0 Å². The van der Waals surface area contributed by atoms with E-state index < -0.39 is 5.60 Å². The molecule has 0 aliphatic rings. The van der Waals surface area contributed by atoms with Crippen LogP contribution >= 0.6 is 0 Å². The Kier molecular flexibility index (Phi) is 6.38. The van der Waals surface area contributed by atoms with Crippen LogP contribution in [0.25, 0.3) is 0 Å². The lowest BCUT2D eigenvalue weighted by Crippen LogP contribution is -2.40. The van der Waals surface area contributed by atoms with Crippen LogP contribution in [-0.4, -0.2) is 21.9 Å². The van der Waals surface area contributed by atoms with E-state index >= 15 is 0 Å². The SMILES string of the molecule is CCC(O)CC(O)(CC)C(CC)CC. The van der Waals surface area contributed by atoms with Gasteiger partial charge in [0, 0.05) is 6.42 Å². The zero-order chi connectivity index (χ0) is 11.2. The molecule has 0 aromatic carbocycles. The number of aliphatic hydroxyl groups is 2.